The highest BCUT2D eigenvalue weighted by Gasteiger charge is 2.35. The molecule has 10 heteroatoms. The molecule has 1 aromatic heterocycles. The Morgan fingerprint density at radius 3 is 2.24 bits per heavy atom. The number of amides is 2. The van der Waals surface area contributed by atoms with E-state index in [-0.39, 0.29) is 22.5 Å². The number of aromatic nitrogens is 2. The molecular formula is C28H23F3N6O. The first-order valence-electron chi connectivity index (χ1n) is 12.0. The van der Waals surface area contributed by atoms with Crippen LogP contribution in [-0.4, -0.2) is 47.3 Å². The maximum absolute atomic E-state index is 13.9. The largest absolute Gasteiger partial charge is 0.416 e. The zero-order valence-corrected chi connectivity index (χ0v) is 20.4. The van der Waals surface area contributed by atoms with Crippen LogP contribution in [0.5, 0.6) is 0 Å². The molecule has 0 spiro atoms. The lowest BCUT2D eigenvalue weighted by Crippen LogP contribution is -2.48. The van der Waals surface area contributed by atoms with E-state index in [0.717, 1.165) is 6.07 Å². The van der Waals surface area contributed by atoms with Gasteiger partial charge < -0.3 is 15.5 Å². The Hall–Kier alpha value is -4.49. The standard InChI is InChI=1S/C28H23F3N6O/c1-17-22(28(29,30)31)10-11-23(34-27(38)37-14-12-33-13-15-37)24(17)26-21-5-3-2-4-20(21)25(35-36-26)19-8-6-18(16-32)7-9-19/h2-11,33H,12-15H2,1H3,(H,34,38). The number of fused-ring (bicyclic) bond motifs is 1. The van der Waals surface area contributed by atoms with E-state index in [1.165, 1.54) is 13.0 Å². The predicted molar refractivity (Wildman–Crippen MR) is 138 cm³/mol. The van der Waals surface area contributed by atoms with Gasteiger partial charge in [0.05, 0.1) is 22.9 Å². The number of nitrogens with one attached hydrogen (secondary N) is 2. The van der Waals surface area contributed by atoms with Crippen LogP contribution in [-0.2, 0) is 6.18 Å². The van der Waals surface area contributed by atoms with Gasteiger partial charge >= 0.3 is 12.2 Å². The molecule has 0 aliphatic carbocycles. The summed E-state index contributed by atoms with van der Waals surface area (Å²) < 4.78 is 41.8. The summed E-state index contributed by atoms with van der Waals surface area (Å²) in [5, 5.41) is 25.2. The number of urea groups is 1. The van der Waals surface area contributed by atoms with Crippen LogP contribution in [0.2, 0.25) is 0 Å². The van der Waals surface area contributed by atoms with Crippen molar-refractivity contribution in [1.29, 1.82) is 5.26 Å². The molecule has 1 saturated heterocycles. The number of halogens is 3. The van der Waals surface area contributed by atoms with Gasteiger partial charge in [0.25, 0.3) is 0 Å². The second kappa shape index (κ2) is 10.1. The minimum atomic E-state index is -4.59. The first kappa shape index (κ1) is 25.2. The number of carbonyl (C=O) groups excluding carboxylic acids is 1. The van der Waals surface area contributed by atoms with Gasteiger partial charge in [-0.15, -0.1) is 10.2 Å². The summed E-state index contributed by atoms with van der Waals surface area (Å²) >= 11 is 0. The lowest BCUT2D eigenvalue weighted by molar-refractivity contribution is -0.138. The zero-order chi connectivity index (χ0) is 26.9. The number of piperazine rings is 1. The quantitative estimate of drug-likeness (QED) is 0.370. The highest BCUT2D eigenvalue weighted by Crippen LogP contribution is 2.42. The van der Waals surface area contributed by atoms with Crippen LogP contribution in [0.3, 0.4) is 0 Å². The van der Waals surface area contributed by atoms with Gasteiger partial charge in [-0.2, -0.15) is 18.4 Å². The topological polar surface area (TPSA) is 93.9 Å². The number of hydrogen-bond donors (Lipinski definition) is 2. The molecule has 2 N–H and O–H groups in total. The molecule has 1 aliphatic rings. The minimum absolute atomic E-state index is 0.0545. The van der Waals surface area contributed by atoms with Crippen LogP contribution in [0, 0.1) is 18.3 Å². The first-order valence-corrected chi connectivity index (χ1v) is 12.0. The van der Waals surface area contributed by atoms with Crippen LogP contribution in [0.15, 0.2) is 60.7 Å². The van der Waals surface area contributed by atoms with E-state index < -0.39 is 17.8 Å². The molecule has 38 heavy (non-hydrogen) atoms. The number of anilines is 1. The second-order valence-corrected chi connectivity index (χ2v) is 8.96. The van der Waals surface area contributed by atoms with Crippen molar-refractivity contribution in [2.24, 2.45) is 0 Å². The molecule has 3 aromatic carbocycles. The average molecular weight is 517 g/mol. The molecule has 4 aromatic rings. The van der Waals surface area contributed by atoms with E-state index in [9.17, 15) is 18.0 Å². The van der Waals surface area contributed by atoms with Crippen molar-refractivity contribution in [2.75, 3.05) is 31.5 Å². The Bertz CT molecular complexity index is 1550. The summed E-state index contributed by atoms with van der Waals surface area (Å²) in [5.41, 5.74) is 1.50. The fraction of sp³-hybridized carbons (Fsp3) is 0.214. The molecule has 7 nitrogen and oxygen atoms in total. The lowest BCUT2D eigenvalue weighted by Gasteiger charge is -2.28. The molecule has 0 radical (unpaired) electrons. The molecule has 0 unspecified atom stereocenters. The molecule has 0 saturated carbocycles. The fourth-order valence-electron chi connectivity index (χ4n) is 4.69. The number of nitrogens with zero attached hydrogens (tertiary/aromatic N) is 4. The average Bonchev–Trinajstić information content (AvgIpc) is 2.93. The highest BCUT2D eigenvalue weighted by molar-refractivity contribution is 6.05. The maximum Gasteiger partial charge on any atom is 0.416 e. The summed E-state index contributed by atoms with van der Waals surface area (Å²) in [5.74, 6) is 0. The van der Waals surface area contributed by atoms with Crippen molar-refractivity contribution in [3.05, 3.63) is 77.4 Å². The summed E-state index contributed by atoms with van der Waals surface area (Å²) in [4.78, 5) is 14.6. The number of benzene rings is 3. The van der Waals surface area contributed by atoms with Crippen molar-refractivity contribution in [2.45, 2.75) is 13.1 Å². The summed E-state index contributed by atoms with van der Waals surface area (Å²) in [7, 11) is 0. The molecule has 192 valence electrons. The zero-order valence-electron chi connectivity index (χ0n) is 20.4. The van der Waals surface area contributed by atoms with Crippen molar-refractivity contribution in [1.82, 2.24) is 20.4 Å². The van der Waals surface area contributed by atoms with Gasteiger partial charge in [-0.25, -0.2) is 4.79 Å². The van der Waals surface area contributed by atoms with Crippen molar-refractivity contribution in [3.8, 4) is 28.6 Å². The number of carbonyl (C=O) groups is 1. The SMILES string of the molecule is Cc1c(C(F)(F)F)ccc(NC(=O)N2CCNCC2)c1-c1nnc(-c2ccc(C#N)cc2)c2ccccc12. The van der Waals surface area contributed by atoms with Crippen LogP contribution in [0.4, 0.5) is 23.7 Å². The third kappa shape index (κ3) is 4.76. The number of nitriles is 1. The van der Waals surface area contributed by atoms with Crippen molar-refractivity contribution >= 4 is 22.5 Å². The molecule has 1 aliphatic heterocycles. The van der Waals surface area contributed by atoms with Gasteiger partial charge in [-0.1, -0.05) is 36.4 Å². The Kier molecular flexibility index (Phi) is 6.70. The van der Waals surface area contributed by atoms with Crippen LogP contribution < -0.4 is 10.6 Å². The van der Waals surface area contributed by atoms with Gasteiger partial charge in [-0.05, 0) is 36.8 Å². The number of alkyl halides is 3. The highest BCUT2D eigenvalue weighted by atomic mass is 19.4. The molecule has 5 rings (SSSR count). The number of hydrogen-bond acceptors (Lipinski definition) is 5. The maximum atomic E-state index is 13.9. The Morgan fingerprint density at radius 2 is 1.61 bits per heavy atom. The van der Waals surface area contributed by atoms with E-state index >= 15 is 0 Å². The van der Waals surface area contributed by atoms with Crippen LogP contribution >= 0.6 is 0 Å². The van der Waals surface area contributed by atoms with Crippen molar-refractivity contribution in [3.63, 3.8) is 0 Å². The van der Waals surface area contributed by atoms with Gasteiger partial charge in [0.2, 0.25) is 0 Å². The summed E-state index contributed by atoms with van der Waals surface area (Å²) in [6, 6.07) is 18.0. The summed E-state index contributed by atoms with van der Waals surface area (Å²) in [6.45, 7) is 3.63. The van der Waals surface area contributed by atoms with E-state index in [2.05, 4.69) is 26.9 Å². The van der Waals surface area contributed by atoms with Crippen molar-refractivity contribution < 1.29 is 18.0 Å². The number of rotatable bonds is 3. The Labute approximate surface area is 216 Å². The van der Waals surface area contributed by atoms with E-state index in [0.29, 0.717) is 53.8 Å². The summed E-state index contributed by atoms with van der Waals surface area (Å²) in [6.07, 6.45) is -4.59. The molecule has 2 heterocycles. The molecule has 2 amide bonds. The van der Waals surface area contributed by atoms with Gasteiger partial charge in [0, 0.05) is 48.1 Å². The monoisotopic (exact) mass is 516 g/mol. The fourth-order valence-corrected chi connectivity index (χ4v) is 4.69. The molecule has 0 atom stereocenters. The van der Waals surface area contributed by atoms with Gasteiger partial charge in [0.15, 0.2) is 0 Å². The Morgan fingerprint density at radius 1 is 0.974 bits per heavy atom. The van der Waals surface area contributed by atoms with Crippen LogP contribution in [0.1, 0.15) is 16.7 Å². The third-order valence-electron chi connectivity index (χ3n) is 6.63. The molecule has 0 bridgehead atoms. The Balaban J connectivity index is 1.68. The van der Waals surface area contributed by atoms with E-state index in [4.69, 9.17) is 5.26 Å². The molecular weight excluding hydrogens is 493 g/mol. The first-order chi connectivity index (χ1) is 18.3. The van der Waals surface area contributed by atoms with E-state index in [1.54, 1.807) is 41.3 Å². The molecule has 1 fully saturated rings. The van der Waals surface area contributed by atoms with E-state index in [1.807, 2.05) is 12.1 Å². The smallest absolute Gasteiger partial charge is 0.322 e. The third-order valence-corrected chi connectivity index (χ3v) is 6.63. The van der Waals surface area contributed by atoms with Gasteiger partial charge in [0.1, 0.15) is 11.4 Å². The normalized spacial score (nSPS) is 13.8. The minimum Gasteiger partial charge on any atom is -0.322 e. The van der Waals surface area contributed by atoms with Crippen LogP contribution in [0.25, 0.3) is 33.3 Å². The lowest BCUT2D eigenvalue weighted by atomic mass is 9.93. The second-order valence-electron chi connectivity index (χ2n) is 8.96. The van der Waals surface area contributed by atoms with Gasteiger partial charge in [-0.3, -0.25) is 0 Å². The predicted octanol–water partition coefficient (Wildman–Crippen LogP) is 5.60.